The number of rotatable bonds is 7. The molecule has 0 unspecified atom stereocenters. The average Bonchev–Trinajstić information content (AvgIpc) is 2.60. The van der Waals surface area contributed by atoms with Gasteiger partial charge in [0.1, 0.15) is 11.9 Å². The van der Waals surface area contributed by atoms with Gasteiger partial charge in [-0.05, 0) is 43.2 Å². The third kappa shape index (κ3) is 4.82. The van der Waals surface area contributed by atoms with E-state index in [1.165, 1.54) is 24.3 Å². The van der Waals surface area contributed by atoms with E-state index in [1.807, 2.05) is 37.3 Å². The van der Waals surface area contributed by atoms with E-state index in [1.54, 1.807) is 6.92 Å². The van der Waals surface area contributed by atoms with Crippen LogP contribution in [-0.4, -0.2) is 26.6 Å². The Labute approximate surface area is 153 Å². The summed E-state index contributed by atoms with van der Waals surface area (Å²) < 4.78 is 38.9. The molecule has 26 heavy (non-hydrogen) atoms. The summed E-state index contributed by atoms with van der Waals surface area (Å²) >= 11 is 0. The van der Waals surface area contributed by atoms with E-state index in [9.17, 15) is 17.6 Å². The number of anilines is 1. The highest BCUT2D eigenvalue weighted by atomic mass is 32.2. The lowest BCUT2D eigenvalue weighted by molar-refractivity contribution is -0.122. The molecule has 0 aromatic heterocycles. The zero-order valence-electron chi connectivity index (χ0n) is 15.0. The normalized spacial score (nSPS) is 13.7. The Morgan fingerprint density at radius 1 is 1.12 bits per heavy atom. The zero-order valence-corrected chi connectivity index (χ0v) is 15.8. The largest absolute Gasteiger partial charge is 0.348 e. The predicted molar refractivity (Wildman–Crippen MR) is 101 cm³/mol. The number of hydrogen-bond acceptors (Lipinski definition) is 3. The van der Waals surface area contributed by atoms with Crippen molar-refractivity contribution in [3.8, 4) is 0 Å². The Kier molecular flexibility index (Phi) is 6.37. The van der Waals surface area contributed by atoms with Crippen LogP contribution in [0.1, 0.15) is 31.9 Å². The molecule has 5 nitrogen and oxygen atoms in total. The molecular weight excluding hydrogens is 355 g/mol. The lowest BCUT2D eigenvalue weighted by atomic mass is 10.1. The van der Waals surface area contributed by atoms with Crippen molar-refractivity contribution in [2.45, 2.75) is 32.4 Å². The molecule has 1 N–H and O–H groups in total. The van der Waals surface area contributed by atoms with Gasteiger partial charge in [0, 0.05) is 0 Å². The van der Waals surface area contributed by atoms with Crippen LogP contribution in [0.15, 0.2) is 54.6 Å². The fourth-order valence-corrected chi connectivity index (χ4v) is 3.99. The van der Waals surface area contributed by atoms with Crippen molar-refractivity contribution in [3.05, 3.63) is 66.0 Å². The summed E-state index contributed by atoms with van der Waals surface area (Å²) in [6.07, 6.45) is 1.31. The number of carbonyl (C=O) groups excluding carboxylic acids is 1. The molecule has 0 saturated carbocycles. The smallest absolute Gasteiger partial charge is 0.244 e. The zero-order chi connectivity index (χ0) is 19.3. The summed E-state index contributed by atoms with van der Waals surface area (Å²) in [4.78, 5) is 12.8. The fourth-order valence-electron chi connectivity index (χ4n) is 2.78. The maximum atomic E-state index is 13.2. The van der Waals surface area contributed by atoms with Gasteiger partial charge < -0.3 is 5.32 Å². The van der Waals surface area contributed by atoms with Crippen LogP contribution in [-0.2, 0) is 14.8 Å². The van der Waals surface area contributed by atoms with Gasteiger partial charge in [0.25, 0.3) is 0 Å². The van der Waals surface area contributed by atoms with Crippen molar-refractivity contribution in [3.63, 3.8) is 0 Å². The second-order valence-corrected chi connectivity index (χ2v) is 7.96. The molecular formula is C19H23FN2O3S. The molecule has 0 saturated heterocycles. The number of carbonyl (C=O) groups is 1. The van der Waals surface area contributed by atoms with Gasteiger partial charge in [-0.1, -0.05) is 37.3 Å². The van der Waals surface area contributed by atoms with Gasteiger partial charge in [-0.2, -0.15) is 0 Å². The minimum Gasteiger partial charge on any atom is -0.348 e. The molecule has 2 aromatic carbocycles. The van der Waals surface area contributed by atoms with E-state index < -0.39 is 27.8 Å². The Morgan fingerprint density at radius 2 is 1.69 bits per heavy atom. The van der Waals surface area contributed by atoms with Crippen LogP contribution < -0.4 is 9.62 Å². The van der Waals surface area contributed by atoms with Crippen molar-refractivity contribution >= 4 is 21.6 Å². The molecule has 7 heteroatoms. The summed E-state index contributed by atoms with van der Waals surface area (Å²) in [7, 11) is -3.74. The molecule has 0 heterocycles. The van der Waals surface area contributed by atoms with Crippen LogP contribution in [0, 0.1) is 5.82 Å². The number of hydrogen-bond donors (Lipinski definition) is 1. The number of nitrogens with one attached hydrogen (secondary N) is 1. The SMILES string of the molecule is CC[C@@H](C(=O)N[C@H](C)c1ccccc1)N(c1ccc(F)cc1)S(C)(=O)=O. The summed E-state index contributed by atoms with van der Waals surface area (Å²) in [5.74, 6) is -0.879. The molecule has 0 fully saturated rings. The molecule has 0 bridgehead atoms. The summed E-state index contributed by atoms with van der Waals surface area (Å²) in [5.41, 5.74) is 1.17. The van der Waals surface area contributed by atoms with Crippen LogP contribution in [0.2, 0.25) is 0 Å². The number of benzene rings is 2. The first-order valence-corrected chi connectivity index (χ1v) is 10.2. The topological polar surface area (TPSA) is 66.5 Å². The van der Waals surface area contributed by atoms with Crippen molar-refractivity contribution < 1.29 is 17.6 Å². The number of sulfonamides is 1. The number of nitrogens with zero attached hydrogens (tertiary/aromatic N) is 1. The van der Waals surface area contributed by atoms with Gasteiger partial charge in [-0.15, -0.1) is 0 Å². The predicted octanol–water partition coefficient (Wildman–Crippen LogP) is 3.25. The number of halogens is 1. The molecule has 0 aliphatic carbocycles. The highest BCUT2D eigenvalue weighted by Crippen LogP contribution is 2.23. The minimum absolute atomic E-state index is 0.253. The van der Waals surface area contributed by atoms with E-state index in [0.29, 0.717) is 0 Å². The highest BCUT2D eigenvalue weighted by molar-refractivity contribution is 7.92. The molecule has 0 spiro atoms. The molecule has 2 rings (SSSR count). The first-order chi connectivity index (χ1) is 12.2. The summed E-state index contributed by atoms with van der Waals surface area (Å²) in [6, 6.07) is 13.3. The standard InChI is InChI=1S/C19H23FN2O3S/c1-4-18(19(23)21-14(2)15-8-6-5-7-9-15)22(26(3,24)25)17-12-10-16(20)11-13-17/h5-14,18H,4H2,1-3H3,(H,21,23)/t14-,18+/m1/s1. The lowest BCUT2D eigenvalue weighted by Crippen LogP contribution is -2.49. The second kappa shape index (κ2) is 8.31. The lowest BCUT2D eigenvalue weighted by Gasteiger charge is -2.31. The molecule has 0 aliphatic rings. The maximum Gasteiger partial charge on any atom is 0.244 e. The van der Waals surface area contributed by atoms with Crippen molar-refractivity contribution in [2.75, 3.05) is 10.6 Å². The van der Waals surface area contributed by atoms with E-state index in [4.69, 9.17) is 0 Å². The van der Waals surface area contributed by atoms with Gasteiger partial charge in [-0.25, -0.2) is 12.8 Å². The van der Waals surface area contributed by atoms with Gasteiger partial charge in [0.2, 0.25) is 15.9 Å². The summed E-state index contributed by atoms with van der Waals surface area (Å²) in [5, 5.41) is 2.86. The second-order valence-electron chi connectivity index (χ2n) is 6.10. The van der Waals surface area contributed by atoms with Crippen LogP contribution in [0.4, 0.5) is 10.1 Å². The van der Waals surface area contributed by atoms with Crippen molar-refractivity contribution in [1.82, 2.24) is 5.32 Å². The molecule has 2 atom stereocenters. The van der Waals surface area contributed by atoms with Gasteiger partial charge >= 0.3 is 0 Å². The van der Waals surface area contributed by atoms with Crippen molar-refractivity contribution in [2.24, 2.45) is 0 Å². The van der Waals surface area contributed by atoms with Crippen LogP contribution >= 0.6 is 0 Å². The molecule has 0 aliphatic heterocycles. The quantitative estimate of drug-likeness (QED) is 0.804. The van der Waals surface area contributed by atoms with E-state index >= 15 is 0 Å². The molecule has 140 valence electrons. The Balaban J connectivity index is 2.29. The fraction of sp³-hybridized carbons (Fsp3) is 0.316. The summed E-state index contributed by atoms with van der Waals surface area (Å²) in [6.45, 7) is 3.57. The van der Waals surface area contributed by atoms with Gasteiger partial charge in [0.15, 0.2) is 0 Å². The monoisotopic (exact) mass is 378 g/mol. The third-order valence-electron chi connectivity index (χ3n) is 4.07. The Bertz CT molecular complexity index is 839. The third-order valence-corrected chi connectivity index (χ3v) is 5.25. The first kappa shape index (κ1) is 19.9. The molecule has 1 amide bonds. The minimum atomic E-state index is -3.74. The maximum absolute atomic E-state index is 13.2. The molecule has 0 radical (unpaired) electrons. The van der Waals surface area contributed by atoms with Crippen molar-refractivity contribution in [1.29, 1.82) is 0 Å². The van der Waals surface area contributed by atoms with Gasteiger partial charge in [0.05, 0.1) is 18.0 Å². The van der Waals surface area contributed by atoms with Crippen LogP contribution in [0.25, 0.3) is 0 Å². The van der Waals surface area contributed by atoms with Gasteiger partial charge in [-0.3, -0.25) is 9.10 Å². The van der Waals surface area contributed by atoms with Crippen LogP contribution in [0.5, 0.6) is 0 Å². The first-order valence-electron chi connectivity index (χ1n) is 8.34. The van der Waals surface area contributed by atoms with E-state index in [2.05, 4.69) is 5.32 Å². The Morgan fingerprint density at radius 3 is 2.19 bits per heavy atom. The Hall–Kier alpha value is -2.41. The van der Waals surface area contributed by atoms with E-state index in [-0.39, 0.29) is 18.2 Å². The van der Waals surface area contributed by atoms with Crippen LogP contribution in [0.3, 0.4) is 0 Å². The number of amides is 1. The highest BCUT2D eigenvalue weighted by Gasteiger charge is 2.32. The molecule has 2 aromatic rings. The van der Waals surface area contributed by atoms with E-state index in [0.717, 1.165) is 16.1 Å². The average molecular weight is 378 g/mol.